The van der Waals surface area contributed by atoms with Crippen molar-refractivity contribution in [1.29, 1.82) is 0 Å². The Morgan fingerprint density at radius 3 is 2.55 bits per heavy atom. The molecule has 2 aromatic heterocycles. The lowest BCUT2D eigenvalue weighted by atomic mass is 10.0. The maximum atomic E-state index is 12.9. The molecule has 162 valence electrons. The van der Waals surface area contributed by atoms with E-state index in [2.05, 4.69) is 17.1 Å². The number of H-pyrrole nitrogens is 1. The Bertz CT molecular complexity index is 1050. The number of hydrogen-bond acceptors (Lipinski definition) is 6. The summed E-state index contributed by atoms with van der Waals surface area (Å²) in [7, 11) is 1.60. The van der Waals surface area contributed by atoms with Gasteiger partial charge in [0.1, 0.15) is 0 Å². The molecule has 0 bridgehead atoms. The van der Waals surface area contributed by atoms with E-state index < -0.39 is 0 Å². The summed E-state index contributed by atoms with van der Waals surface area (Å²) < 4.78 is 10.5. The average Bonchev–Trinajstić information content (AvgIpc) is 3.34. The number of aryl methyl sites for hydroxylation is 1. The van der Waals surface area contributed by atoms with Gasteiger partial charge in [-0.15, -0.1) is 0 Å². The fraction of sp³-hybridized carbons (Fsp3) is 0.348. The third-order valence-corrected chi connectivity index (χ3v) is 5.47. The molecule has 8 heteroatoms. The van der Waals surface area contributed by atoms with Gasteiger partial charge in [0.25, 0.3) is 11.5 Å². The molecular weight excluding hydrogens is 396 g/mol. The first-order chi connectivity index (χ1) is 15.2. The minimum Gasteiger partial charge on any atom is -0.459 e. The van der Waals surface area contributed by atoms with Crippen molar-refractivity contribution in [2.45, 2.75) is 19.4 Å². The third-order valence-electron chi connectivity index (χ3n) is 5.47. The zero-order chi connectivity index (χ0) is 21.6. The van der Waals surface area contributed by atoms with Crippen LogP contribution in [0.2, 0.25) is 0 Å². The molecule has 31 heavy (non-hydrogen) atoms. The van der Waals surface area contributed by atoms with Crippen LogP contribution in [0.5, 0.6) is 0 Å². The SMILES string of the molecule is COCc1nc(N2CCN(C(=O)c3ccco3)CC2)[nH]c(=O)c1CCc1ccccc1. The van der Waals surface area contributed by atoms with Crippen LogP contribution < -0.4 is 10.5 Å². The van der Waals surface area contributed by atoms with Gasteiger partial charge in [0.05, 0.1) is 18.6 Å². The highest BCUT2D eigenvalue weighted by Crippen LogP contribution is 2.16. The van der Waals surface area contributed by atoms with E-state index in [1.807, 2.05) is 23.1 Å². The number of furan rings is 1. The van der Waals surface area contributed by atoms with Crippen LogP contribution in [0.4, 0.5) is 5.95 Å². The maximum Gasteiger partial charge on any atom is 0.289 e. The molecule has 1 aliphatic heterocycles. The van der Waals surface area contributed by atoms with E-state index in [-0.39, 0.29) is 18.1 Å². The number of aromatic nitrogens is 2. The summed E-state index contributed by atoms with van der Waals surface area (Å²) in [5.74, 6) is 0.734. The fourth-order valence-corrected chi connectivity index (χ4v) is 3.79. The molecule has 0 saturated carbocycles. The van der Waals surface area contributed by atoms with Crippen molar-refractivity contribution in [1.82, 2.24) is 14.9 Å². The molecule has 1 N–H and O–H groups in total. The molecule has 1 fully saturated rings. The first kappa shape index (κ1) is 20.9. The summed E-state index contributed by atoms with van der Waals surface area (Å²) in [4.78, 5) is 36.7. The number of nitrogens with zero attached hydrogens (tertiary/aromatic N) is 3. The molecule has 1 aromatic carbocycles. The van der Waals surface area contributed by atoms with Crippen LogP contribution in [-0.2, 0) is 24.2 Å². The second kappa shape index (κ2) is 9.61. The molecular formula is C23H26N4O4. The van der Waals surface area contributed by atoms with Gasteiger partial charge in [0.15, 0.2) is 5.76 Å². The van der Waals surface area contributed by atoms with Gasteiger partial charge in [-0.05, 0) is 30.5 Å². The number of methoxy groups -OCH3 is 1. The van der Waals surface area contributed by atoms with Crippen LogP contribution in [0.3, 0.4) is 0 Å². The predicted molar refractivity (Wildman–Crippen MR) is 116 cm³/mol. The number of carbonyl (C=O) groups excluding carboxylic acids is 1. The van der Waals surface area contributed by atoms with Crippen LogP contribution in [0.15, 0.2) is 57.9 Å². The molecule has 0 unspecified atom stereocenters. The lowest BCUT2D eigenvalue weighted by Crippen LogP contribution is -2.49. The monoisotopic (exact) mass is 422 g/mol. The Hall–Kier alpha value is -3.39. The van der Waals surface area contributed by atoms with E-state index in [1.54, 1.807) is 24.1 Å². The number of anilines is 1. The standard InChI is InChI=1S/C23H26N4O4/c1-30-16-19-18(10-9-17-6-3-2-4-7-17)21(28)25-23(24-19)27-13-11-26(12-14-27)22(29)20-8-5-15-31-20/h2-8,15H,9-14,16H2,1H3,(H,24,25,28). The quantitative estimate of drug-likeness (QED) is 0.628. The Morgan fingerprint density at radius 2 is 1.87 bits per heavy atom. The van der Waals surface area contributed by atoms with E-state index in [9.17, 15) is 9.59 Å². The number of hydrogen-bond donors (Lipinski definition) is 1. The van der Waals surface area contributed by atoms with Crippen LogP contribution >= 0.6 is 0 Å². The Morgan fingerprint density at radius 1 is 1.10 bits per heavy atom. The van der Waals surface area contributed by atoms with Crippen molar-refractivity contribution >= 4 is 11.9 Å². The van der Waals surface area contributed by atoms with Crippen LogP contribution in [0.25, 0.3) is 0 Å². The summed E-state index contributed by atoms with van der Waals surface area (Å²) in [6, 6.07) is 13.4. The van der Waals surface area contributed by atoms with E-state index in [0.29, 0.717) is 55.6 Å². The van der Waals surface area contributed by atoms with Gasteiger partial charge in [-0.1, -0.05) is 30.3 Å². The summed E-state index contributed by atoms with van der Waals surface area (Å²) in [6.45, 7) is 2.48. The zero-order valence-corrected chi connectivity index (χ0v) is 17.5. The maximum absolute atomic E-state index is 12.9. The molecule has 4 rings (SSSR count). The molecule has 1 saturated heterocycles. The number of nitrogens with one attached hydrogen (secondary N) is 1. The van der Waals surface area contributed by atoms with Gasteiger partial charge >= 0.3 is 0 Å². The highest BCUT2D eigenvalue weighted by molar-refractivity contribution is 5.91. The Labute approximate surface area is 180 Å². The Balaban J connectivity index is 1.46. The summed E-state index contributed by atoms with van der Waals surface area (Å²) in [6.07, 6.45) is 2.85. The second-order valence-electron chi connectivity index (χ2n) is 7.49. The molecule has 0 radical (unpaired) electrons. The minimum atomic E-state index is -0.137. The lowest BCUT2D eigenvalue weighted by molar-refractivity contribution is 0.0714. The van der Waals surface area contributed by atoms with Gasteiger partial charge in [-0.3, -0.25) is 14.6 Å². The van der Waals surface area contributed by atoms with Crippen LogP contribution in [0.1, 0.15) is 27.4 Å². The number of ether oxygens (including phenoxy) is 1. The van der Waals surface area contributed by atoms with Crippen molar-refractivity contribution in [3.63, 3.8) is 0 Å². The number of benzene rings is 1. The number of piperazine rings is 1. The molecule has 3 heterocycles. The molecule has 1 amide bonds. The van der Waals surface area contributed by atoms with Gasteiger partial charge in [0, 0.05) is 38.9 Å². The largest absolute Gasteiger partial charge is 0.459 e. The van der Waals surface area contributed by atoms with Crippen molar-refractivity contribution in [2.24, 2.45) is 0 Å². The number of amides is 1. The predicted octanol–water partition coefficient (Wildman–Crippen LogP) is 2.26. The molecule has 0 spiro atoms. The fourth-order valence-electron chi connectivity index (χ4n) is 3.79. The third kappa shape index (κ3) is 4.86. The molecule has 0 aliphatic carbocycles. The minimum absolute atomic E-state index is 0.123. The van der Waals surface area contributed by atoms with E-state index >= 15 is 0 Å². The topological polar surface area (TPSA) is 91.7 Å². The van der Waals surface area contributed by atoms with Crippen molar-refractivity contribution in [3.8, 4) is 0 Å². The first-order valence-electron chi connectivity index (χ1n) is 10.4. The molecule has 1 aliphatic rings. The highest BCUT2D eigenvalue weighted by Gasteiger charge is 2.25. The average molecular weight is 422 g/mol. The Kier molecular flexibility index (Phi) is 6.47. The van der Waals surface area contributed by atoms with Crippen LogP contribution in [-0.4, -0.2) is 54.1 Å². The van der Waals surface area contributed by atoms with E-state index in [0.717, 1.165) is 6.42 Å². The van der Waals surface area contributed by atoms with Crippen molar-refractivity contribution < 1.29 is 13.9 Å². The van der Waals surface area contributed by atoms with E-state index in [1.165, 1.54) is 11.8 Å². The highest BCUT2D eigenvalue weighted by atomic mass is 16.5. The van der Waals surface area contributed by atoms with Crippen molar-refractivity contribution in [2.75, 3.05) is 38.2 Å². The van der Waals surface area contributed by atoms with Gasteiger partial charge in [-0.25, -0.2) is 4.98 Å². The van der Waals surface area contributed by atoms with E-state index in [4.69, 9.17) is 14.1 Å². The number of rotatable bonds is 7. The molecule has 3 aromatic rings. The zero-order valence-electron chi connectivity index (χ0n) is 17.5. The number of aromatic amines is 1. The summed E-state index contributed by atoms with van der Waals surface area (Å²) >= 11 is 0. The van der Waals surface area contributed by atoms with Gasteiger partial charge < -0.3 is 19.0 Å². The lowest BCUT2D eigenvalue weighted by Gasteiger charge is -2.34. The number of carbonyl (C=O) groups is 1. The molecule has 8 nitrogen and oxygen atoms in total. The molecule has 0 atom stereocenters. The smallest absolute Gasteiger partial charge is 0.289 e. The first-order valence-corrected chi connectivity index (χ1v) is 10.4. The summed E-state index contributed by atoms with van der Waals surface area (Å²) in [5.41, 5.74) is 2.35. The van der Waals surface area contributed by atoms with Gasteiger partial charge in [-0.2, -0.15) is 0 Å². The van der Waals surface area contributed by atoms with Crippen molar-refractivity contribution in [3.05, 3.63) is 81.7 Å². The van der Waals surface area contributed by atoms with Crippen LogP contribution in [0, 0.1) is 0 Å². The summed E-state index contributed by atoms with van der Waals surface area (Å²) in [5, 5.41) is 0. The second-order valence-corrected chi connectivity index (χ2v) is 7.49. The van der Waals surface area contributed by atoms with Gasteiger partial charge in [0.2, 0.25) is 5.95 Å². The normalized spacial score (nSPS) is 14.1.